The molecular weight excluding hydrogens is 422 g/mol. The Kier molecular flexibility index (Phi) is 6.16. The van der Waals surface area contributed by atoms with Gasteiger partial charge in [-0.1, -0.05) is 58.4 Å². The minimum Gasteiger partial charge on any atom is -0.324 e. The van der Waals surface area contributed by atoms with Crippen LogP contribution < -0.4 is 5.32 Å². The van der Waals surface area contributed by atoms with Gasteiger partial charge in [0.2, 0.25) is 5.91 Å². The Hall–Kier alpha value is -3.06. The molecule has 3 rings (SSSR count). The van der Waals surface area contributed by atoms with Gasteiger partial charge in [0.25, 0.3) is 5.69 Å². The van der Waals surface area contributed by atoms with Crippen LogP contribution in [0.3, 0.4) is 0 Å². The van der Waals surface area contributed by atoms with E-state index < -0.39 is 4.92 Å². The van der Waals surface area contributed by atoms with Crippen molar-refractivity contribution in [1.82, 2.24) is 4.98 Å². The second-order valence-corrected chi connectivity index (χ2v) is 6.97. The molecule has 2 aromatic carbocycles. The number of carbonyl (C=O) groups is 1. The van der Waals surface area contributed by atoms with E-state index in [0.29, 0.717) is 34.3 Å². The lowest BCUT2D eigenvalue weighted by Gasteiger charge is -2.16. The zero-order chi connectivity index (χ0) is 20.1. The summed E-state index contributed by atoms with van der Waals surface area (Å²) in [6, 6.07) is 17.9. The van der Waals surface area contributed by atoms with Gasteiger partial charge in [0.15, 0.2) is 0 Å². The molecule has 0 spiro atoms. The number of rotatable bonds is 6. The number of alkyl halides is 1. The predicted octanol–water partition coefficient (Wildman–Crippen LogP) is 5.36. The smallest absolute Gasteiger partial charge is 0.270 e. The molecule has 1 aromatic heterocycles. The molecule has 0 aliphatic heterocycles. The van der Waals surface area contributed by atoms with Crippen molar-refractivity contribution in [3.63, 3.8) is 0 Å². The highest BCUT2D eigenvalue weighted by Gasteiger charge is 2.17. The van der Waals surface area contributed by atoms with E-state index in [1.54, 1.807) is 12.1 Å². The summed E-state index contributed by atoms with van der Waals surface area (Å²) in [5.41, 5.74) is 4.19. The van der Waals surface area contributed by atoms with Crippen LogP contribution in [0, 0.1) is 17.0 Å². The molecule has 6 nitrogen and oxygen atoms in total. The van der Waals surface area contributed by atoms with E-state index in [9.17, 15) is 14.9 Å². The number of anilines is 1. The lowest BCUT2D eigenvalue weighted by molar-refractivity contribution is -0.384. The van der Waals surface area contributed by atoms with Crippen LogP contribution in [-0.2, 0) is 4.79 Å². The van der Waals surface area contributed by atoms with Crippen LogP contribution in [0.4, 0.5) is 11.4 Å². The van der Waals surface area contributed by atoms with Crippen molar-refractivity contribution in [3.8, 4) is 22.4 Å². The number of aryl methyl sites for hydroxylation is 1. The summed E-state index contributed by atoms with van der Waals surface area (Å²) in [6.07, 6.45) is 0.314. The Morgan fingerprint density at radius 3 is 2.50 bits per heavy atom. The van der Waals surface area contributed by atoms with E-state index >= 15 is 0 Å². The summed E-state index contributed by atoms with van der Waals surface area (Å²) in [4.78, 5) is 27.6. The van der Waals surface area contributed by atoms with E-state index in [2.05, 4.69) is 26.2 Å². The van der Waals surface area contributed by atoms with Gasteiger partial charge in [0.1, 0.15) is 0 Å². The molecule has 0 radical (unpaired) electrons. The Balaban J connectivity index is 2.18. The molecule has 28 heavy (non-hydrogen) atoms. The average molecular weight is 440 g/mol. The Labute approximate surface area is 170 Å². The Morgan fingerprint density at radius 1 is 1.11 bits per heavy atom. The van der Waals surface area contributed by atoms with E-state index in [4.69, 9.17) is 0 Å². The van der Waals surface area contributed by atoms with Gasteiger partial charge in [-0.3, -0.25) is 19.9 Å². The van der Waals surface area contributed by atoms with Gasteiger partial charge in [-0.15, -0.1) is 0 Å². The quantitative estimate of drug-likeness (QED) is 0.318. The number of nitrogens with one attached hydrogen (secondary N) is 1. The molecule has 1 heterocycles. The van der Waals surface area contributed by atoms with E-state index in [1.807, 2.05) is 43.3 Å². The summed E-state index contributed by atoms with van der Waals surface area (Å²) < 4.78 is 0. The molecule has 3 aromatic rings. The minimum atomic E-state index is -0.432. The molecule has 142 valence electrons. The fourth-order valence-corrected chi connectivity index (χ4v) is 3.25. The average Bonchev–Trinajstić information content (AvgIpc) is 2.70. The molecule has 0 atom stereocenters. The SMILES string of the molecule is Cc1nc(-c2ccccc2)cc(-c2cccc([N+](=O)[O-])c2)c1NC(=O)CCBr. The summed E-state index contributed by atoms with van der Waals surface area (Å²) >= 11 is 3.26. The van der Waals surface area contributed by atoms with Crippen LogP contribution in [0.1, 0.15) is 12.1 Å². The zero-order valence-electron chi connectivity index (χ0n) is 15.2. The first-order valence-corrected chi connectivity index (χ1v) is 9.79. The molecular formula is C21H18BrN3O3. The molecule has 1 amide bonds. The zero-order valence-corrected chi connectivity index (χ0v) is 16.8. The number of nitro benzene ring substituents is 1. The highest BCUT2D eigenvalue weighted by Crippen LogP contribution is 2.35. The largest absolute Gasteiger partial charge is 0.324 e. The number of nitro groups is 1. The summed E-state index contributed by atoms with van der Waals surface area (Å²) in [5, 5.41) is 14.7. The van der Waals surface area contributed by atoms with Gasteiger partial charge in [-0.2, -0.15) is 0 Å². The van der Waals surface area contributed by atoms with Crippen LogP contribution in [0.15, 0.2) is 60.7 Å². The van der Waals surface area contributed by atoms with Crippen molar-refractivity contribution < 1.29 is 9.72 Å². The number of benzene rings is 2. The summed E-state index contributed by atoms with van der Waals surface area (Å²) in [6.45, 7) is 1.82. The third-order valence-electron chi connectivity index (χ3n) is 4.22. The maximum atomic E-state index is 12.2. The maximum Gasteiger partial charge on any atom is 0.270 e. The van der Waals surface area contributed by atoms with Gasteiger partial charge in [-0.25, -0.2) is 0 Å². The molecule has 1 N–H and O–H groups in total. The summed E-state index contributed by atoms with van der Waals surface area (Å²) in [7, 11) is 0. The number of aromatic nitrogens is 1. The second kappa shape index (κ2) is 8.75. The van der Waals surface area contributed by atoms with Crippen molar-refractivity contribution in [2.75, 3.05) is 10.6 Å². The monoisotopic (exact) mass is 439 g/mol. The van der Waals surface area contributed by atoms with Crippen molar-refractivity contribution in [2.24, 2.45) is 0 Å². The fraction of sp³-hybridized carbons (Fsp3) is 0.143. The van der Waals surface area contributed by atoms with E-state index in [0.717, 1.165) is 11.3 Å². The minimum absolute atomic E-state index is 0.00837. The van der Waals surface area contributed by atoms with E-state index in [1.165, 1.54) is 12.1 Å². The molecule has 0 saturated carbocycles. The van der Waals surface area contributed by atoms with Crippen molar-refractivity contribution in [2.45, 2.75) is 13.3 Å². The number of amides is 1. The number of non-ortho nitro benzene ring substituents is 1. The molecule has 0 aliphatic rings. The molecule has 0 aliphatic carbocycles. The normalized spacial score (nSPS) is 10.5. The molecule has 0 fully saturated rings. The first-order valence-electron chi connectivity index (χ1n) is 8.67. The van der Waals surface area contributed by atoms with Gasteiger partial charge in [0, 0.05) is 35.0 Å². The molecule has 0 unspecified atom stereocenters. The third kappa shape index (κ3) is 4.43. The van der Waals surface area contributed by atoms with Crippen LogP contribution in [0.2, 0.25) is 0 Å². The number of hydrogen-bond acceptors (Lipinski definition) is 4. The summed E-state index contributed by atoms with van der Waals surface area (Å²) in [5.74, 6) is -0.152. The van der Waals surface area contributed by atoms with Crippen LogP contribution in [0.5, 0.6) is 0 Å². The van der Waals surface area contributed by atoms with Gasteiger partial charge >= 0.3 is 0 Å². The number of hydrogen-bond donors (Lipinski definition) is 1. The van der Waals surface area contributed by atoms with Crippen molar-refractivity contribution >= 4 is 33.2 Å². The lowest BCUT2D eigenvalue weighted by Crippen LogP contribution is -2.14. The highest BCUT2D eigenvalue weighted by atomic mass is 79.9. The molecule has 0 bridgehead atoms. The topological polar surface area (TPSA) is 85.1 Å². The van der Waals surface area contributed by atoms with Gasteiger partial charge < -0.3 is 5.32 Å². The van der Waals surface area contributed by atoms with Gasteiger partial charge in [-0.05, 0) is 18.6 Å². The van der Waals surface area contributed by atoms with Crippen molar-refractivity contribution in [3.05, 3.63) is 76.5 Å². The molecule has 7 heteroatoms. The number of pyridine rings is 1. The van der Waals surface area contributed by atoms with Gasteiger partial charge in [0.05, 0.1) is 22.0 Å². The number of carbonyl (C=O) groups excluding carboxylic acids is 1. The number of nitrogens with zero attached hydrogens (tertiary/aromatic N) is 2. The maximum absolute atomic E-state index is 12.2. The number of halogens is 1. The van der Waals surface area contributed by atoms with Crippen LogP contribution in [-0.4, -0.2) is 21.1 Å². The first-order chi connectivity index (χ1) is 13.5. The molecule has 0 saturated heterocycles. The van der Waals surface area contributed by atoms with Crippen LogP contribution in [0.25, 0.3) is 22.4 Å². The highest BCUT2D eigenvalue weighted by molar-refractivity contribution is 9.09. The Bertz CT molecular complexity index is 1020. The first kappa shape index (κ1) is 19.7. The van der Waals surface area contributed by atoms with E-state index in [-0.39, 0.29) is 11.6 Å². The fourth-order valence-electron chi connectivity index (χ4n) is 2.89. The van der Waals surface area contributed by atoms with Crippen molar-refractivity contribution in [1.29, 1.82) is 0 Å². The lowest BCUT2D eigenvalue weighted by atomic mass is 9.99. The van der Waals surface area contributed by atoms with Crippen LogP contribution >= 0.6 is 15.9 Å². The second-order valence-electron chi connectivity index (χ2n) is 6.18. The standard InChI is InChI=1S/C21H18BrN3O3/c1-14-21(24-20(26)10-11-22)18(16-8-5-9-17(12-16)25(27)28)13-19(23-14)15-6-3-2-4-7-15/h2-9,12-13H,10-11H2,1H3,(H,24,26). The Morgan fingerprint density at radius 2 is 1.82 bits per heavy atom. The predicted molar refractivity (Wildman–Crippen MR) is 114 cm³/mol. The third-order valence-corrected chi connectivity index (χ3v) is 4.62.